The molecule has 0 saturated heterocycles. The third-order valence-corrected chi connectivity index (χ3v) is 9.24. The van der Waals surface area contributed by atoms with Crippen molar-refractivity contribution in [2.75, 3.05) is 0 Å². The van der Waals surface area contributed by atoms with Gasteiger partial charge < -0.3 is 0 Å². The average molecular weight is 461 g/mol. The van der Waals surface area contributed by atoms with Gasteiger partial charge in [0.05, 0.1) is 0 Å². The third-order valence-electron chi connectivity index (χ3n) is 6.94. The van der Waals surface area contributed by atoms with Crippen LogP contribution in [0.1, 0.15) is 27.8 Å². The number of hydrogen-bond donors (Lipinski definition) is 0. The van der Waals surface area contributed by atoms with Crippen LogP contribution in [-0.2, 0) is 4.28 Å². The zero-order valence-corrected chi connectivity index (χ0v) is 20.7. The van der Waals surface area contributed by atoms with Crippen LogP contribution in [0, 0.1) is 0 Å². The fourth-order valence-electron chi connectivity index (χ4n) is 5.44. The van der Waals surface area contributed by atoms with Crippen LogP contribution < -0.4 is 0 Å². The van der Waals surface area contributed by atoms with E-state index in [4.69, 9.17) is 0 Å². The quantitative estimate of drug-likeness (QED) is 0.239. The minimum atomic E-state index is -0.222. The van der Waals surface area contributed by atoms with E-state index in [0.29, 0.717) is 0 Å². The van der Waals surface area contributed by atoms with E-state index in [1.165, 1.54) is 43.3 Å². The molecule has 35 heavy (non-hydrogen) atoms. The summed E-state index contributed by atoms with van der Waals surface area (Å²) in [6.45, 7) is 0. The van der Waals surface area contributed by atoms with Crippen LogP contribution in [0.15, 0.2) is 152 Å². The molecule has 0 amide bonds. The Morgan fingerprint density at radius 1 is 0.371 bits per heavy atom. The van der Waals surface area contributed by atoms with Crippen molar-refractivity contribution >= 4 is 30.3 Å². The van der Waals surface area contributed by atoms with Crippen molar-refractivity contribution in [3.8, 4) is 0 Å². The Morgan fingerprint density at radius 3 is 1.20 bits per heavy atom. The molecule has 0 aliphatic carbocycles. The monoisotopic (exact) mass is 460 g/mol. The Balaban J connectivity index is 1.80. The second-order valence-electron chi connectivity index (χ2n) is 8.95. The first-order valence-electron chi connectivity index (χ1n) is 12.1. The van der Waals surface area contributed by atoms with Gasteiger partial charge in [-0.1, -0.05) is 0 Å². The summed E-state index contributed by atoms with van der Waals surface area (Å²) in [5, 5.41) is 0. The van der Waals surface area contributed by atoms with Gasteiger partial charge in [0.2, 0.25) is 0 Å². The molecular weight excluding hydrogens is 435 g/mol. The first-order chi connectivity index (χ1) is 17.4. The average Bonchev–Trinajstić information content (AvgIpc) is 3.33. The van der Waals surface area contributed by atoms with Crippen LogP contribution in [0.3, 0.4) is 0 Å². The van der Waals surface area contributed by atoms with Gasteiger partial charge in [-0.05, 0) is 0 Å². The van der Waals surface area contributed by atoms with Crippen molar-refractivity contribution in [3.05, 3.63) is 179 Å². The fraction of sp³-hybridized carbons (Fsp3) is 0.0294. The van der Waals surface area contributed by atoms with Crippen LogP contribution in [-0.4, -0.2) is 19.2 Å². The van der Waals surface area contributed by atoms with Gasteiger partial charge in [0.25, 0.3) is 0 Å². The van der Waals surface area contributed by atoms with Gasteiger partial charge in [-0.15, -0.1) is 0 Å². The molecule has 5 aromatic carbocycles. The Morgan fingerprint density at radius 2 is 0.743 bits per heavy atom. The van der Waals surface area contributed by atoms with E-state index < -0.39 is 0 Å². The molecule has 0 atom stereocenters. The number of allylic oxidation sites excluding steroid dienone is 2. The van der Waals surface area contributed by atoms with Crippen LogP contribution in [0.5, 0.6) is 0 Å². The summed E-state index contributed by atoms with van der Waals surface area (Å²) < 4.78 is 1.25. The second-order valence-corrected chi connectivity index (χ2v) is 10.7. The molecule has 0 unspecified atom stereocenters. The standard InChI is InChI=1S/C34H25.Al/c1-6-16-27(17-7-1)26-32(28-18-8-2-9-19-28)34(31-24-14-5-15-25-31)33(29-20-10-3-11-21-29)30-22-12-4-13-23-30;/h1-25H;. The van der Waals surface area contributed by atoms with Crippen molar-refractivity contribution in [3.63, 3.8) is 0 Å². The molecule has 0 radical (unpaired) electrons. The van der Waals surface area contributed by atoms with Crippen LogP contribution in [0.25, 0.3) is 11.1 Å². The summed E-state index contributed by atoms with van der Waals surface area (Å²) in [7, 11) is 0. The number of rotatable bonds is 5. The van der Waals surface area contributed by atoms with E-state index >= 15 is 0 Å². The summed E-state index contributed by atoms with van der Waals surface area (Å²) in [5.41, 5.74) is 9.41. The molecule has 1 aliphatic rings. The predicted molar refractivity (Wildman–Crippen MR) is 150 cm³/mol. The van der Waals surface area contributed by atoms with Crippen LogP contribution in [0.4, 0.5) is 0 Å². The third kappa shape index (κ3) is 3.84. The van der Waals surface area contributed by atoms with Crippen molar-refractivity contribution in [2.45, 2.75) is 4.28 Å². The topological polar surface area (TPSA) is 0 Å². The zero-order valence-electron chi connectivity index (χ0n) is 19.5. The molecule has 0 spiro atoms. The summed E-state index contributed by atoms with van der Waals surface area (Å²) in [6, 6.07) is 55.2. The first-order valence-corrected chi connectivity index (χ1v) is 13.3. The van der Waals surface area contributed by atoms with E-state index in [1.807, 2.05) is 0 Å². The van der Waals surface area contributed by atoms with Crippen molar-refractivity contribution in [1.82, 2.24) is 0 Å². The zero-order chi connectivity index (χ0) is 23.5. The van der Waals surface area contributed by atoms with Gasteiger partial charge in [-0.2, -0.15) is 0 Å². The van der Waals surface area contributed by atoms with Crippen LogP contribution in [0.2, 0.25) is 0 Å². The molecule has 5 aromatic rings. The molecule has 6 rings (SSSR count). The Kier molecular flexibility index (Phi) is 5.89. The van der Waals surface area contributed by atoms with Crippen molar-refractivity contribution in [2.24, 2.45) is 0 Å². The van der Waals surface area contributed by atoms with E-state index in [1.54, 1.807) is 0 Å². The van der Waals surface area contributed by atoms with E-state index in [0.717, 1.165) is 0 Å². The summed E-state index contributed by atoms with van der Waals surface area (Å²) >= 11 is -0.161. The first kappa shape index (κ1) is 21.8. The van der Waals surface area contributed by atoms with Gasteiger partial charge >= 0.3 is 214 Å². The predicted octanol–water partition coefficient (Wildman–Crippen LogP) is 7.48. The minimum absolute atomic E-state index is 0.161. The molecule has 0 fully saturated rings. The maximum atomic E-state index is 2.32. The van der Waals surface area contributed by atoms with E-state index in [-0.39, 0.29) is 19.1 Å². The van der Waals surface area contributed by atoms with Gasteiger partial charge in [0.1, 0.15) is 0 Å². The van der Waals surface area contributed by atoms with Crippen molar-refractivity contribution < 1.29 is 0 Å². The molecule has 0 nitrogen and oxygen atoms in total. The molecule has 164 valence electrons. The maximum absolute atomic E-state index is 2.32. The molecule has 0 N–H and O–H groups in total. The molecule has 0 bridgehead atoms. The summed E-state index contributed by atoms with van der Waals surface area (Å²) in [5.74, 6) is 0. The van der Waals surface area contributed by atoms with Gasteiger partial charge in [-0.3, -0.25) is 0 Å². The number of hydrogen-bond acceptors (Lipinski definition) is 0. The van der Waals surface area contributed by atoms with Crippen LogP contribution >= 0.6 is 0 Å². The van der Waals surface area contributed by atoms with Gasteiger partial charge in [-0.25, -0.2) is 0 Å². The SMILES string of the molecule is c1ccc([C]2=[Al][C](c3ccccc3)(c3ccccc3)C(c3ccccc3)=C2c2ccccc2)cc1. The molecule has 1 heteroatoms. The molecule has 1 aliphatic heterocycles. The van der Waals surface area contributed by atoms with E-state index in [9.17, 15) is 0 Å². The van der Waals surface area contributed by atoms with Gasteiger partial charge in [0, 0.05) is 0 Å². The Hall–Kier alpha value is -3.76. The molecule has 0 saturated carbocycles. The van der Waals surface area contributed by atoms with E-state index in [2.05, 4.69) is 152 Å². The second kappa shape index (κ2) is 9.48. The molecule has 1 heterocycles. The van der Waals surface area contributed by atoms with Gasteiger partial charge in [0.15, 0.2) is 0 Å². The summed E-state index contributed by atoms with van der Waals surface area (Å²) in [4.78, 5) is 0. The Labute approximate surface area is 213 Å². The molecular formula is C34H25Al. The van der Waals surface area contributed by atoms with Crippen molar-refractivity contribution in [1.29, 1.82) is 0 Å². The fourth-order valence-corrected chi connectivity index (χ4v) is 7.86. The normalized spacial score (nSPS) is 14.3. The Bertz CT molecular complexity index is 1440. The molecule has 0 aromatic heterocycles. The number of benzene rings is 5. The summed E-state index contributed by atoms with van der Waals surface area (Å²) in [6.07, 6.45) is 0.